The number of likely N-dealkylation sites (tertiary alicyclic amines) is 1. The van der Waals surface area contributed by atoms with Crippen molar-refractivity contribution in [2.45, 2.75) is 37.6 Å². The van der Waals surface area contributed by atoms with Crippen LogP contribution in [0.3, 0.4) is 0 Å². The maximum absolute atomic E-state index is 13.4. The van der Waals surface area contributed by atoms with Gasteiger partial charge in [0, 0.05) is 13.1 Å². The predicted octanol–water partition coefficient (Wildman–Crippen LogP) is 3.61. The average molecular weight is 461 g/mol. The lowest BCUT2D eigenvalue weighted by Crippen LogP contribution is -2.50. The van der Waals surface area contributed by atoms with Crippen LogP contribution >= 0.6 is 0 Å². The summed E-state index contributed by atoms with van der Waals surface area (Å²) in [7, 11) is 0. The lowest BCUT2D eigenvalue weighted by molar-refractivity contribution is -0.135. The number of aliphatic hydroxyl groups is 2. The fraction of sp³-hybridized carbons (Fsp3) is 0.321. The van der Waals surface area contributed by atoms with E-state index >= 15 is 0 Å². The zero-order chi connectivity index (χ0) is 23.8. The Balaban J connectivity index is 1.49. The van der Waals surface area contributed by atoms with Gasteiger partial charge >= 0.3 is 0 Å². The number of nitrogens with one attached hydrogen (secondary N) is 1. The Labute approximate surface area is 200 Å². The molecular formula is C28H32N2O4. The monoisotopic (exact) mass is 460 g/mol. The van der Waals surface area contributed by atoms with Gasteiger partial charge in [-0.2, -0.15) is 0 Å². The van der Waals surface area contributed by atoms with Crippen molar-refractivity contribution in [2.75, 3.05) is 19.7 Å². The Morgan fingerprint density at radius 2 is 1.50 bits per heavy atom. The summed E-state index contributed by atoms with van der Waals surface area (Å²) in [6.07, 6.45) is 0.850. The molecule has 0 saturated carbocycles. The number of rotatable bonds is 10. The van der Waals surface area contributed by atoms with E-state index in [4.69, 9.17) is 4.74 Å². The van der Waals surface area contributed by atoms with Crippen molar-refractivity contribution in [2.24, 2.45) is 0 Å². The van der Waals surface area contributed by atoms with Crippen molar-refractivity contribution < 1.29 is 19.7 Å². The van der Waals surface area contributed by atoms with Gasteiger partial charge in [-0.25, -0.2) is 0 Å². The van der Waals surface area contributed by atoms with Gasteiger partial charge in [-0.05, 0) is 41.7 Å². The molecule has 1 aliphatic heterocycles. The largest absolute Gasteiger partial charge is 0.489 e. The average Bonchev–Trinajstić information content (AvgIpc) is 3.44. The zero-order valence-electron chi connectivity index (χ0n) is 19.2. The second-order valence-corrected chi connectivity index (χ2v) is 8.61. The number of ether oxygens (including phenoxy) is 1. The fourth-order valence-electron chi connectivity index (χ4n) is 4.28. The molecule has 0 unspecified atom stereocenters. The summed E-state index contributed by atoms with van der Waals surface area (Å²) in [5, 5.41) is 24.5. The molecule has 4 rings (SSSR count). The summed E-state index contributed by atoms with van der Waals surface area (Å²) in [6.45, 7) is 1.64. The van der Waals surface area contributed by atoms with Crippen molar-refractivity contribution >= 4 is 5.91 Å². The van der Waals surface area contributed by atoms with Crippen LogP contribution in [0.15, 0.2) is 84.9 Å². The number of carbonyl (C=O) groups is 1. The molecule has 178 valence electrons. The van der Waals surface area contributed by atoms with Crippen LogP contribution < -0.4 is 10.1 Å². The van der Waals surface area contributed by atoms with Gasteiger partial charge in [-0.3, -0.25) is 10.1 Å². The van der Waals surface area contributed by atoms with E-state index in [2.05, 4.69) is 5.32 Å². The normalized spacial score (nSPS) is 16.1. The molecule has 3 aromatic carbocycles. The van der Waals surface area contributed by atoms with Crippen LogP contribution in [0.2, 0.25) is 0 Å². The van der Waals surface area contributed by atoms with Crippen LogP contribution in [0.5, 0.6) is 5.75 Å². The molecular weight excluding hydrogens is 428 g/mol. The van der Waals surface area contributed by atoms with Crippen molar-refractivity contribution in [3.05, 3.63) is 102 Å². The number of amides is 1. The highest BCUT2D eigenvalue weighted by Crippen LogP contribution is 2.25. The topological polar surface area (TPSA) is 82.0 Å². The van der Waals surface area contributed by atoms with Gasteiger partial charge < -0.3 is 19.8 Å². The second kappa shape index (κ2) is 11.8. The number of benzene rings is 3. The Kier molecular flexibility index (Phi) is 8.31. The Bertz CT molecular complexity index is 1020. The summed E-state index contributed by atoms with van der Waals surface area (Å²) < 4.78 is 5.85. The first-order chi connectivity index (χ1) is 16.7. The highest BCUT2D eigenvalue weighted by atomic mass is 16.5. The van der Waals surface area contributed by atoms with Gasteiger partial charge in [-0.1, -0.05) is 72.8 Å². The van der Waals surface area contributed by atoms with Gasteiger partial charge in [0.1, 0.15) is 24.5 Å². The number of hydrogen-bond donors (Lipinski definition) is 3. The second-order valence-electron chi connectivity index (χ2n) is 8.61. The van der Waals surface area contributed by atoms with E-state index in [0.29, 0.717) is 31.0 Å². The summed E-state index contributed by atoms with van der Waals surface area (Å²) >= 11 is 0. The predicted molar refractivity (Wildman–Crippen MR) is 131 cm³/mol. The van der Waals surface area contributed by atoms with Gasteiger partial charge in [0.15, 0.2) is 0 Å². The number of hydrogen-bond acceptors (Lipinski definition) is 5. The van der Waals surface area contributed by atoms with Crippen molar-refractivity contribution in [1.29, 1.82) is 0 Å². The molecule has 34 heavy (non-hydrogen) atoms. The summed E-state index contributed by atoms with van der Waals surface area (Å²) in [6, 6.07) is 25.2. The van der Waals surface area contributed by atoms with E-state index < -0.39 is 18.2 Å². The molecule has 1 fully saturated rings. The van der Waals surface area contributed by atoms with E-state index in [-0.39, 0.29) is 12.5 Å². The SMILES string of the molecule is O=C([C@@H](N[C@H](CO)c1ccccc1)[C@H](O)c1ccc(OCc2ccccc2)cc1)N1CCCC1. The summed E-state index contributed by atoms with van der Waals surface area (Å²) in [5.41, 5.74) is 2.55. The lowest BCUT2D eigenvalue weighted by atomic mass is 9.98. The van der Waals surface area contributed by atoms with Gasteiger partial charge in [0.25, 0.3) is 0 Å². The standard InChI is InChI=1S/C28H32N2O4/c31-19-25(22-11-5-2-6-12-22)29-26(28(33)30-17-7-8-18-30)27(32)23-13-15-24(16-14-23)34-20-21-9-3-1-4-10-21/h1-6,9-16,25-27,29,31-32H,7-8,17-20H2/t25-,26+,27-/m1/s1. The molecule has 0 aromatic heterocycles. The van der Waals surface area contributed by atoms with E-state index in [1.54, 1.807) is 29.2 Å². The number of carbonyl (C=O) groups excluding carboxylic acids is 1. The first-order valence-corrected chi connectivity index (χ1v) is 11.8. The molecule has 0 aliphatic carbocycles. The van der Waals surface area contributed by atoms with Crippen LogP contribution in [0.1, 0.15) is 41.7 Å². The summed E-state index contributed by atoms with van der Waals surface area (Å²) in [4.78, 5) is 15.2. The molecule has 1 aliphatic rings. The van der Waals surface area contributed by atoms with E-state index in [1.165, 1.54) is 0 Å². The molecule has 6 heteroatoms. The van der Waals surface area contributed by atoms with Crippen LogP contribution in [0.25, 0.3) is 0 Å². The van der Waals surface area contributed by atoms with Gasteiger partial charge in [0.05, 0.1) is 12.6 Å². The smallest absolute Gasteiger partial charge is 0.242 e. The highest BCUT2D eigenvalue weighted by molar-refractivity contribution is 5.83. The Morgan fingerprint density at radius 1 is 0.882 bits per heavy atom. The molecule has 0 radical (unpaired) electrons. The fourth-order valence-corrected chi connectivity index (χ4v) is 4.28. The molecule has 0 spiro atoms. The van der Waals surface area contributed by atoms with E-state index in [1.807, 2.05) is 60.7 Å². The third-order valence-electron chi connectivity index (χ3n) is 6.23. The molecule has 6 nitrogen and oxygen atoms in total. The first kappa shape index (κ1) is 24.0. The van der Waals surface area contributed by atoms with Crippen LogP contribution in [-0.4, -0.2) is 46.8 Å². The molecule has 3 aromatic rings. The zero-order valence-corrected chi connectivity index (χ0v) is 19.2. The van der Waals surface area contributed by atoms with Crippen molar-refractivity contribution in [3.8, 4) is 5.75 Å². The third-order valence-corrected chi connectivity index (χ3v) is 6.23. The number of aliphatic hydroxyl groups excluding tert-OH is 2. The van der Waals surface area contributed by atoms with Crippen LogP contribution in [-0.2, 0) is 11.4 Å². The summed E-state index contributed by atoms with van der Waals surface area (Å²) in [5.74, 6) is 0.538. The molecule has 3 N–H and O–H groups in total. The van der Waals surface area contributed by atoms with Crippen LogP contribution in [0.4, 0.5) is 0 Å². The quantitative estimate of drug-likeness (QED) is 0.431. The minimum absolute atomic E-state index is 0.149. The van der Waals surface area contributed by atoms with Crippen molar-refractivity contribution in [1.82, 2.24) is 10.2 Å². The molecule has 1 heterocycles. The third kappa shape index (κ3) is 6.03. The lowest BCUT2D eigenvalue weighted by Gasteiger charge is -2.31. The van der Waals surface area contributed by atoms with E-state index in [0.717, 1.165) is 24.0 Å². The van der Waals surface area contributed by atoms with Crippen molar-refractivity contribution in [3.63, 3.8) is 0 Å². The maximum Gasteiger partial charge on any atom is 0.242 e. The minimum atomic E-state index is -1.07. The highest BCUT2D eigenvalue weighted by Gasteiger charge is 2.34. The van der Waals surface area contributed by atoms with Crippen LogP contribution in [0, 0.1) is 0 Å². The van der Waals surface area contributed by atoms with Gasteiger partial charge in [0.2, 0.25) is 5.91 Å². The Morgan fingerprint density at radius 3 is 2.12 bits per heavy atom. The molecule has 1 saturated heterocycles. The Hall–Kier alpha value is -3.19. The molecule has 1 amide bonds. The molecule has 3 atom stereocenters. The maximum atomic E-state index is 13.4. The molecule has 0 bridgehead atoms. The van der Waals surface area contributed by atoms with E-state index in [9.17, 15) is 15.0 Å². The first-order valence-electron chi connectivity index (χ1n) is 11.8. The van der Waals surface area contributed by atoms with Gasteiger partial charge in [-0.15, -0.1) is 0 Å². The minimum Gasteiger partial charge on any atom is -0.489 e. The number of nitrogens with zero attached hydrogens (tertiary/aromatic N) is 1.